The SMILES string of the molecule is C=C(N/C(C)=C/C)C(CCCc1ccccc1)NC(=C)C(C)(C)N. The van der Waals surface area contributed by atoms with Crippen LogP contribution in [0.3, 0.4) is 0 Å². The van der Waals surface area contributed by atoms with Crippen molar-refractivity contribution in [3.8, 4) is 0 Å². The van der Waals surface area contributed by atoms with E-state index in [1.165, 1.54) is 5.56 Å². The highest BCUT2D eigenvalue weighted by atomic mass is 15.0. The molecule has 1 aromatic rings. The van der Waals surface area contributed by atoms with Gasteiger partial charge < -0.3 is 16.4 Å². The molecule has 0 bridgehead atoms. The Kier molecular flexibility index (Phi) is 7.80. The predicted octanol–water partition coefficient (Wildman–Crippen LogP) is 4.25. The number of hydrogen-bond donors (Lipinski definition) is 3. The standard InChI is InChI=1S/C21H33N3/c1-7-16(2)23-17(3)20(24-18(4)21(5,6)22)15-11-14-19-12-9-8-10-13-19/h7-10,12-13,20,23-24H,3-4,11,14-15,22H2,1-2,5-6H3/b16-7+. The first-order valence-corrected chi connectivity index (χ1v) is 8.61. The van der Waals surface area contributed by atoms with Crippen LogP contribution in [0.1, 0.15) is 46.1 Å². The lowest BCUT2D eigenvalue weighted by Crippen LogP contribution is -2.45. The molecule has 3 nitrogen and oxygen atoms in total. The molecule has 0 saturated heterocycles. The maximum absolute atomic E-state index is 6.15. The van der Waals surface area contributed by atoms with Crippen molar-refractivity contribution >= 4 is 0 Å². The van der Waals surface area contributed by atoms with Crippen LogP contribution in [0.15, 0.2) is 66.7 Å². The van der Waals surface area contributed by atoms with E-state index in [-0.39, 0.29) is 6.04 Å². The third-order valence-corrected chi connectivity index (χ3v) is 4.14. The lowest BCUT2D eigenvalue weighted by atomic mass is 9.99. The summed E-state index contributed by atoms with van der Waals surface area (Å²) in [6.45, 7) is 16.3. The van der Waals surface area contributed by atoms with E-state index >= 15 is 0 Å². The Labute approximate surface area is 147 Å². The quantitative estimate of drug-likeness (QED) is 0.602. The zero-order valence-electron chi connectivity index (χ0n) is 15.7. The molecule has 0 heterocycles. The van der Waals surface area contributed by atoms with Gasteiger partial charge in [0.2, 0.25) is 0 Å². The summed E-state index contributed by atoms with van der Waals surface area (Å²) in [5.41, 5.74) is 9.91. The van der Waals surface area contributed by atoms with Crippen LogP contribution >= 0.6 is 0 Å². The summed E-state index contributed by atoms with van der Waals surface area (Å²) in [4.78, 5) is 0. The van der Waals surface area contributed by atoms with E-state index in [4.69, 9.17) is 5.73 Å². The molecule has 0 aliphatic rings. The van der Waals surface area contributed by atoms with E-state index in [2.05, 4.69) is 48.1 Å². The number of hydrogen-bond acceptors (Lipinski definition) is 3. The average molecular weight is 328 g/mol. The van der Waals surface area contributed by atoms with Gasteiger partial charge in [-0.2, -0.15) is 0 Å². The minimum absolute atomic E-state index is 0.0962. The second-order valence-electron chi connectivity index (χ2n) is 6.90. The molecule has 0 aliphatic heterocycles. The van der Waals surface area contributed by atoms with Gasteiger partial charge in [0.05, 0.1) is 6.04 Å². The second kappa shape index (κ2) is 9.33. The molecule has 0 aromatic heterocycles. The lowest BCUT2D eigenvalue weighted by Gasteiger charge is -2.30. The highest BCUT2D eigenvalue weighted by Crippen LogP contribution is 2.15. The molecule has 0 spiro atoms. The Morgan fingerprint density at radius 3 is 2.42 bits per heavy atom. The molecular weight excluding hydrogens is 294 g/mol. The molecule has 0 aliphatic carbocycles. The molecule has 0 amide bonds. The molecule has 3 heteroatoms. The lowest BCUT2D eigenvalue weighted by molar-refractivity contribution is 0.482. The van der Waals surface area contributed by atoms with Crippen LogP contribution in [0, 0.1) is 0 Å². The van der Waals surface area contributed by atoms with Gasteiger partial charge in [-0.05, 0) is 52.5 Å². The summed E-state index contributed by atoms with van der Waals surface area (Å²) in [5, 5.41) is 6.82. The first-order chi connectivity index (χ1) is 11.2. The highest BCUT2D eigenvalue weighted by Gasteiger charge is 2.20. The summed E-state index contributed by atoms with van der Waals surface area (Å²) in [7, 11) is 0. The summed E-state index contributed by atoms with van der Waals surface area (Å²) in [6, 6.07) is 10.6. The Bertz CT molecular complexity index is 564. The first kappa shape index (κ1) is 20.0. The van der Waals surface area contributed by atoms with Crippen molar-refractivity contribution < 1.29 is 0 Å². The summed E-state index contributed by atoms with van der Waals surface area (Å²) < 4.78 is 0. The van der Waals surface area contributed by atoms with Crippen molar-refractivity contribution in [1.82, 2.24) is 10.6 Å². The number of rotatable bonds is 10. The fourth-order valence-corrected chi connectivity index (χ4v) is 2.30. The zero-order chi connectivity index (χ0) is 18.2. The van der Waals surface area contributed by atoms with Crippen LogP contribution in [-0.4, -0.2) is 11.6 Å². The van der Waals surface area contributed by atoms with E-state index in [9.17, 15) is 0 Å². The minimum atomic E-state index is -0.465. The van der Waals surface area contributed by atoms with Crippen LogP contribution in [0.5, 0.6) is 0 Å². The Hall–Kier alpha value is -2.00. The molecule has 1 rings (SSSR count). The normalized spacial score (nSPS) is 13.3. The molecule has 1 unspecified atom stereocenters. The summed E-state index contributed by atoms with van der Waals surface area (Å²) in [5.74, 6) is 0. The van der Waals surface area contributed by atoms with Crippen molar-refractivity contribution in [3.63, 3.8) is 0 Å². The van der Waals surface area contributed by atoms with Crippen LogP contribution in [-0.2, 0) is 6.42 Å². The van der Waals surface area contributed by atoms with Gasteiger partial charge in [0, 0.05) is 22.6 Å². The Balaban J connectivity index is 2.69. The third-order valence-electron chi connectivity index (χ3n) is 4.14. The average Bonchev–Trinajstić information content (AvgIpc) is 2.53. The maximum atomic E-state index is 6.15. The van der Waals surface area contributed by atoms with E-state index in [0.29, 0.717) is 0 Å². The monoisotopic (exact) mass is 327 g/mol. The van der Waals surface area contributed by atoms with Crippen LogP contribution in [0.25, 0.3) is 0 Å². The zero-order valence-corrected chi connectivity index (χ0v) is 15.7. The maximum Gasteiger partial charge on any atom is 0.0654 e. The van der Waals surface area contributed by atoms with Gasteiger partial charge in [-0.3, -0.25) is 0 Å². The third kappa shape index (κ3) is 7.05. The largest absolute Gasteiger partial charge is 0.379 e. The number of nitrogens with one attached hydrogen (secondary N) is 2. The van der Waals surface area contributed by atoms with Crippen molar-refractivity contribution in [2.45, 2.75) is 58.5 Å². The van der Waals surface area contributed by atoms with E-state index in [1.807, 2.05) is 39.8 Å². The van der Waals surface area contributed by atoms with Gasteiger partial charge in [-0.25, -0.2) is 0 Å². The number of aryl methyl sites for hydroxylation is 1. The minimum Gasteiger partial charge on any atom is -0.379 e. The van der Waals surface area contributed by atoms with Gasteiger partial charge in [-0.15, -0.1) is 0 Å². The molecule has 0 radical (unpaired) electrons. The van der Waals surface area contributed by atoms with E-state index in [0.717, 1.165) is 36.4 Å². The smallest absolute Gasteiger partial charge is 0.0654 e. The van der Waals surface area contributed by atoms with Crippen LogP contribution < -0.4 is 16.4 Å². The molecule has 132 valence electrons. The van der Waals surface area contributed by atoms with E-state index < -0.39 is 5.54 Å². The van der Waals surface area contributed by atoms with Crippen molar-refractivity contribution in [3.05, 3.63) is 72.2 Å². The van der Waals surface area contributed by atoms with Gasteiger partial charge in [0.1, 0.15) is 0 Å². The second-order valence-corrected chi connectivity index (χ2v) is 6.90. The molecule has 0 saturated carbocycles. The molecule has 1 atom stereocenters. The fraction of sp³-hybridized carbons (Fsp3) is 0.429. The Morgan fingerprint density at radius 1 is 1.25 bits per heavy atom. The van der Waals surface area contributed by atoms with Crippen molar-refractivity contribution in [1.29, 1.82) is 0 Å². The van der Waals surface area contributed by atoms with Gasteiger partial charge in [0.25, 0.3) is 0 Å². The van der Waals surface area contributed by atoms with Gasteiger partial charge in [0.15, 0.2) is 0 Å². The fourth-order valence-electron chi connectivity index (χ4n) is 2.30. The van der Waals surface area contributed by atoms with Gasteiger partial charge in [-0.1, -0.05) is 49.6 Å². The first-order valence-electron chi connectivity index (χ1n) is 8.61. The molecule has 24 heavy (non-hydrogen) atoms. The summed E-state index contributed by atoms with van der Waals surface area (Å²) >= 11 is 0. The van der Waals surface area contributed by atoms with Crippen molar-refractivity contribution in [2.75, 3.05) is 0 Å². The van der Waals surface area contributed by atoms with Crippen molar-refractivity contribution in [2.24, 2.45) is 5.73 Å². The number of allylic oxidation sites excluding steroid dienone is 2. The number of benzene rings is 1. The Morgan fingerprint density at radius 2 is 1.88 bits per heavy atom. The van der Waals surface area contributed by atoms with E-state index in [1.54, 1.807) is 0 Å². The van der Waals surface area contributed by atoms with Crippen LogP contribution in [0.2, 0.25) is 0 Å². The van der Waals surface area contributed by atoms with Gasteiger partial charge >= 0.3 is 0 Å². The molecular formula is C21H33N3. The highest BCUT2D eigenvalue weighted by molar-refractivity contribution is 5.19. The summed E-state index contributed by atoms with van der Waals surface area (Å²) in [6.07, 6.45) is 5.11. The topological polar surface area (TPSA) is 50.1 Å². The molecule has 1 aromatic carbocycles. The predicted molar refractivity (Wildman–Crippen MR) is 105 cm³/mol. The van der Waals surface area contributed by atoms with Crippen LogP contribution in [0.4, 0.5) is 0 Å². The number of nitrogens with two attached hydrogens (primary N) is 1. The molecule has 4 N–H and O–H groups in total. The molecule has 0 fully saturated rings.